The molecule has 1 N–H and O–H groups in total. The lowest BCUT2D eigenvalue weighted by Crippen LogP contribution is -2.25. The van der Waals surface area contributed by atoms with Crippen molar-refractivity contribution in [1.29, 1.82) is 0 Å². The van der Waals surface area contributed by atoms with Crippen molar-refractivity contribution in [3.05, 3.63) is 53.9 Å². The van der Waals surface area contributed by atoms with Gasteiger partial charge in [-0.2, -0.15) is 0 Å². The van der Waals surface area contributed by atoms with Crippen LogP contribution in [0.5, 0.6) is 0 Å². The lowest BCUT2D eigenvalue weighted by molar-refractivity contribution is 0.680. The van der Waals surface area contributed by atoms with Crippen LogP contribution in [-0.2, 0) is 0 Å². The van der Waals surface area contributed by atoms with Crippen molar-refractivity contribution >= 4 is 28.2 Å². The second kappa shape index (κ2) is 6.29. The molecule has 1 aliphatic heterocycles. The van der Waals surface area contributed by atoms with E-state index in [0.29, 0.717) is 0 Å². The summed E-state index contributed by atoms with van der Waals surface area (Å²) in [5.74, 6) is 1.59. The maximum absolute atomic E-state index is 4.76. The topological polar surface area (TPSA) is 66.8 Å². The van der Waals surface area contributed by atoms with Gasteiger partial charge in [0.25, 0.3) is 0 Å². The molecule has 0 aliphatic carbocycles. The van der Waals surface area contributed by atoms with Crippen molar-refractivity contribution in [3.8, 4) is 0 Å². The highest BCUT2D eigenvalue weighted by Gasteiger charge is 2.29. The number of aromatic nitrogens is 4. The van der Waals surface area contributed by atoms with E-state index in [1.165, 1.54) is 0 Å². The van der Waals surface area contributed by atoms with Crippen LogP contribution in [0.2, 0.25) is 0 Å². The highest BCUT2D eigenvalue weighted by Crippen LogP contribution is 2.33. The van der Waals surface area contributed by atoms with Crippen LogP contribution in [0.3, 0.4) is 0 Å². The van der Waals surface area contributed by atoms with E-state index < -0.39 is 0 Å². The highest BCUT2D eigenvalue weighted by molar-refractivity contribution is 7.13. The number of rotatable bonds is 4. The van der Waals surface area contributed by atoms with Crippen LogP contribution in [-0.4, -0.2) is 26.5 Å². The van der Waals surface area contributed by atoms with E-state index in [-0.39, 0.29) is 6.04 Å². The van der Waals surface area contributed by atoms with Crippen LogP contribution in [0, 0.1) is 0 Å². The summed E-state index contributed by atoms with van der Waals surface area (Å²) in [6.45, 7) is 0.959. The largest absolute Gasteiger partial charge is 0.332 e. The predicted octanol–water partition coefficient (Wildman–Crippen LogP) is 3.41. The number of nitrogens with zero attached hydrogens (tertiary/aromatic N) is 5. The molecule has 23 heavy (non-hydrogen) atoms. The minimum absolute atomic E-state index is 0.218. The monoisotopic (exact) mass is 324 g/mol. The molecule has 4 rings (SSSR count). The first-order valence-corrected chi connectivity index (χ1v) is 8.45. The number of anilines is 3. The fourth-order valence-corrected chi connectivity index (χ4v) is 3.39. The maximum Gasteiger partial charge on any atom is 0.225 e. The third-order valence-corrected chi connectivity index (χ3v) is 4.53. The van der Waals surface area contributed by atoms with Crippen molar-refractivity contribution in [2.24, 2.45) is 0 Å². The van der Waals surface area contributed by atoms with E-state index in [0.717, 1.165) is 42.0 Å². The van der Waals surface area contributed by atoms with Crippen LogP contribution in [0.25, 0.3) is 0 Å². The van der Waals surface area contributed by atoms with Crippen LogP contribution < -0.4 is 10.2 Å². The molecule has 116 valence electrons. The second-order valence-corrected chi connectivity index (χ2v) is 6.20. The molecular formula is C16H16N6S. The molecule has 0 unspecified atom stereocenters. The Morgan fingerprint density at radius 3 is 2.83 bits per heavy atom. The van der Waals surface area contributed by atoms with Gasteiger partial charge >= 0.3 is 0 Å². The molecule has 0 radical (unpaired) electrons. The molecule has 0 spiro atoms. The average molecular weight is 324 g/mol. The van der Waals surface area contributed by atoms with Crippen molar-refractivity contribution in [1.82, 2.24) is 19.9 Å². The summed E-state index contributed by atoms with van der Waals surface area (Å²) in [4.78, 5) is 20.0. The van der Waals surface area contributed by atoms with Crippen molar-refractivity contribution < 1.29 is 0 Å². The molecule has 0 saturated carbocycles. The Morgan fingerprint density at radius 2 is 2.00 bits per heavy atom. The van der Waals surface area contributed by atoms with Crippen LogP contribution in [0.1, 0.15) is 24.6 Å². The van der Waals surface area contributed by atoms with Gasteiger partial charge in [0.1, 0.15) is 5.82 Å². The zero-order valence-electron chi connectivity index (χ0n) is 12.5. The Bertz CT molecular complexity index is 761. The summed E-state index contributed by atoms with van der Waals surface area (Å²) in [5.41, 5.74) is 1.04. The van der Waals surface area contributed by atoms with Crippen molar-refractivity contribution in [2.75, 3.05) is 16.8 Å². The van der Waals surface area contributed by atoms with Crippen molar-refractivity contribution in [3.63, 3.8) is 0 Å². The van der Waals surface area contributed by atoms with Gasteiger partial charge in [-0.25, -0.2) is 19.9 Å². The number of pyridine rings is 1. The van der Waals surface area contributed by atoms with Gasteiger partial charge in [0.05, 0.1) is 11.7 Å². The Morgan fingerprint density at radius 1 is 1.09 bits per heavy atom. The first kappa shape index (κ1) is 14.1. The Balaban J connectivity index is 1.59. The van der Waals surface area contributed by atoms with E-state index in [1.54, 1.807) is 29.9 Å². The molecule has 6 nitrogen and oxygen atoms in total. The lowest BCUT2D eigenvalue weighted by Gasteiger charge is -2.24. The van der Waals surface area contributed by atoms with Gasteiger partial charge in [0.2, 0.25) is 5.95 Å². The minimum atomic E-state index is 0.218. The molecule has 1 atom stereocenters. The number of thiazole rings is 1. The number of hydrogen-bond acceptors (Lipinski definition) is 7. The van der Waals surface area contributed by atoms with E-state index in [1.807, 2.05) is 23.6 Å². The van der Waals surface area contributed by atoms with E-state index in [2.05, 4.69) is 31.2 Å². The fourth-order valence-electron chi connectivity index (χ4n) is 2.85. The Hall–Kier alpha value is -2.54. The average Bonchev–Trinajstić information content (AvgIpc) is 3.27. The van der Waals surface area contributed by atoms with E-state index in [4.69, 9.17) is 4.98 Å². The quantitative estimate of drug-likeness (QED) is 0.793. The molecule has 3 aromatic heterocycles. The smallest absolute Gasteiger partial charge is 0.225 e. The predicted molar refractivity (Wildman–Crippen MR) is 91.0 cm³/mol. The van der Waals surface area contributed by atoms with Crippen LogP contribution in [0.4, 0.5) is 16.9 Å². The summed E-state index contributed by atoms with van der Waals surface area (Å²) in [7, 11) is 0. The molecule has 3 aromatic rings. The fraction of sp³-hybridized carbons (Fsp3) is 0.250. The van der Waals surface area contributed by atoms with Gasteiger partial charge in [-0.3, -0.25) is 0 Å². The van der Waals surface area contributed by atoms with Gasteiger partial charge < -0.3 is 10.2 Å². The summed E-state index contributed by atoms with van der Waals surface area (Å²) < 4.78 is 0. The molecule has 0 bridgehead atoms. The SMILES string of the molecule is c1cnc(N2CCC[C@H]2c2cccc(Nc3nccs3)n2)nc1. The lowest BCUT2D eigenvalue weighted by atomic mass is 10.1. The molecule has 1 fully saturated rings. The molecule has 4 heterocycles. The highest BCUT2D eigenvalue weighted by atomic mass is 32.1. The third-order valence-electron chi connectivity index (χ3n) is 3.84. The maximum atomic E-state index is 4.76. The van der Waals surface area contributed by atoms with Crippen LogP contribution >= 0.6 is 11.3 Å². The number of hydrogen-bond donors (Lipinski definition) is 1. The van der Waals surface area contributed by atoms with Gasteiger partial charge in [0.15, 0.2) is 5.13 Å². The number of nitrogens with one attached hydrogen (secondary N) is 1. The molecule has 0 aromatic carbocycles. The van der Waals surface area contributed by atoms with Crippen LogP contribution in [0.15, 0.2) is 48.2 Å². The zero-order chi connectivity index (χ0) is 15.5. The summed E-state index contributed by atoms with van der Waals surface area (Å²) in [6, 6.07) is 8.12. The standard InChI is InChI=1S/C16H16N6S/c1-4-12(20-14(6-1)21-16-19-9-11-23-16)13-5-2-10-22(13)15-17-7-3-8-18-15/h1,3-4,6-9,11,13H,2,5,10H2,(H,19,20,21)/t13-/m0/s1. The first-order chi connectivity index (χ1) is 11.4. The molecule has 1 saturated heterocycles. The Kier molecular flexibility index (Phi) is 3.85. The third kappa shape index (κ3) is 3.00. The van der Waals surface area contributed by atoms with E-state index in [9.17, 15) is 0 Å². The molecule has 7 heteroatoms. The van der Waals surface area contributed by atoms with Gasteiger partial charge in [-0.1, -0.05) is 6.07 Å². The summed E-state index contributed by atoms with van der Waals surface area (Å²) >= 11 is 1.56. The van der Waals surface area contributed by atoms with Gasteiger partial charge in [0, 0.05) is 30.5 Å². The molecule has 1 aliphatic rings. The summed E-state index contributed by atoms with van der Waals surface area (Å²) in [5, 5.41) is 6.04. The van der Waals surface area contributed by atoms with Crippen molar-refractivity contribution in [2.45, 2.75) is 18.9 Å². The van der Waals surface area contributed by atoms with Gasteiger partial charge in [-0.15, -0.1) is 11.3 Å². The molecular weight excluding hydrogens is 308 g/mol. The minimum Gasteiger partial charge on any atom is -0.332 e. The second-order valence-electron chi connectivity index (χ2n) is 5.31. The Labute approximate surface area is 138 Å². The summed E-state index contributed by atoms with van der Waals surface area (Å²) in [6.07, 6.45) is 7.53. The first-order valence-electron chi connectivity index (χ1n) is 7.57. The molecule has 0 amide bonds. The zero-order valence-corrected chi connectivity index (χ0v) is 13.3. The van der Waals surface area contributed by atoms with E-state index >= 15 is 0 Å². The normalized spacial score (nSPS) is 17.4. The van der Waals surface area contributed by atoms with Gasteiger partial charge in [-0.05, 0) is 31.0 Å².